The summed E-state index contributed by atoms with van der Waals surface area (Å²) in [6.45, 7) is 4.47. The minimum atomic E-state index is 0.508. The third-order valence-electron chi connectivity index (χ3n) is 6.19. The molecule has 1 saturated carbocycles. The smallest absolute Gasteiger partial charge is 0.143 e. The number of H-pyrrole nitrogens is 1. The molecular formula is C19H20N6. The molecular weight excluding hydrogens is 312 g/mol. The first-order chi connectivity index (χ1) is 12.1. The fourth-order valence-electron chi connectivity index (χ4n) is 4.54. The van der Waals surface area contributed by atoms with Gasteiger partial charge in [-0.2, -0.15) is 5.26 Å². The lowest BCUT2D eigenvalue weighted by Gasteiger charge is -2.22. The number of hydrogen-bond acceptors (Lipinski definition) is 4. The highest BCUT2D eigenvalue weighted by atomic mass is 15.2. The molecule has 6 heteroatoms. The van der Waals surface area contributed by atoms with Gasteiger partial charge in [0.2, 0.25) is 0 Å². The van der Waals surface area contributed by atoms with Gasteiger partial charge < -0.3 is 14.5 Å². The number of nitrogens with zero attached hydrogens (tertiary/aromatic N) is 5. The summed E-state index contributed by atoms with van der Waals surface area (Å²) in [6, 6.07) is 4.16. The number of fused-ring (bicyclic) bond motifs is 2. The van der Waals surface area contributed by atoms with Crippen molar-refractivity contribution in [1.82, 2.24) is 19.5 Å². The quantitative estimate of drug-likeness (QED) is 0.800. The second-order valence-electron chi connectivity index (χ2n) is 7.46. The van der Waals surface area contributed by atoms with Crippen molar-refractivity contribution in [2.24, 2.45) is 18.4 Å². The molecule has 126 valence electrons. The fourth-order valence-corrected chi connectivity index (χ4v) is 4.54. The maximum atomic E-state index is 9.25. The number of nitriles is 1. The third-order valence-corrected chi connectivity index (χ3v) is 6.19. The summed E-state index contributed by atoms with van der Waals surface area (Å²) in [5.41, 5.74) is 4.10. The topological polar surface area (TPSA) is 73.5 Å². The number of anilines is 1. The Morgan fingerprint density at radius 1 is 1.44 bits per heavy atom. The van der Waals surface area contributed by atoms with Crippen LogP contribution >= 0.6 is 0 Å². The van der Waals surface area contributed by atoms with Crippen LogP contribution in [0.1, 0.15) is 25.5 Å². The standard InChI is InChI=1S/C19H20N6/c1-3-19-5-13(19)9-25(10-19)18-16-15(7-21-17(16)22-11-23-18)12-4-14(6-20)24(2)8-12/h4,7-8,11,13H,3,5,9-10H2,1-2H3,(H,21,22,23). The lowest BCUT2D eigenvalue weighted by molar-refractivity contribution is 0.509. The second kappa shape index (κ2) is 4.85. The fraction of sp³-hybridized carbons (Fsp3) is 0.421. The van der Waals surface area contributed by atoms with E-state index in [4.69, 9.17) is 0 Å². The van der Waals surface area contributed by atoms with E-state index in [0.717, 1.165) is 47.0 Å². The van der Waals surface area contributed by atoms with Gasteiger partial charge in [-0.1, -0.05) is 6.92 Å². The monoisotopic (exact) mass is 332 g/mol. The molecule has 3 aromatic rings. The van der Waals surface area contributed by atoms with E-state index < -0.39 is 0 Å². The van der Waals surface area contributed by atoms with Gasteiger partial charge in [0.25, 0.3) is 0 Å². The first-order valence-electron chi connectivity index (χ1n) is 8.79. The zero-order chi connectivity index (χ0) is 17.2. The van der Waals surface area contributed by atoms with Crippen molar-refractivity contribution >= 4 is 16.9 Å². The molecule has 6 nitrogen and oxygen atoms in total. The number of aryl methyl sites for hydroxylation is 1. The van der Waals surface area contributed by atoms with Crippen LogP contribution in [0.15, 0.2) is 24.8 Å². The number of piperidine rings is 1. The van der Waals surface area contributed by atoms with Gasteiger partial charge in [-0.25, -0.2) is 9.97 Å². The van der Waals surface area contributed by atoms with Gasteiger partial charge in [-0.3, -0.25) is 0 Å². The number of hydrogen-bond donors (Lipinski definition) is 1. The normalized spacial score (nSPS) is 24.5. The van der Waals surface area contributed by atoms with Crippen LogP contribution in [0.3, 0.4) is 0 Å². The lowest BCUT2D eigenvalue weighted by atomic mass is 10.0. The van der Waals surface area contributed by atoms with Crippen LogP contribution in [0, 0.1) is 22.7 Å². The Labute approximate surface area is 146 Å². The van der Waals surface area contributed by atoms with Crippen molar-refractivity contribution in [3.8, 4) is 17.2 Å². The van der Waals surface area contributed by atoms with Gasteiger partial charge in [0.15, 0.2) is 0 Å². The number of rotatable bonds is 3. The van der Waals surface area contributed by atoms with Gasteiger partial charge in [0, 0.05) is 43.7 Å². The molecule has 2 aliphatic rings. The van der Waals surface area contributed by atoms with E-state index in [1.165, 1.54) is 12.8 Å². The van der Waals surface area contributed by atoms with Crippen LogP contribution in [0.2, 0.25) is 0 Å². The highest BCUT2D eigenvalue weighted by Crippen LogP contribution is 2.60. The van der Waals surface area contributed by atoms with Crippen LogP contribution < -0.4 is 4.90 Å². The average Bonchev–Trinajstić information content (AvgIpc) is 3.00. The summed E-state index contributed by atoms with van der Waals surface area (Å²) in [6.07, 6.45) is 8.22. The number of nitrogens with one attached hydrogen (secondary N) is 1. The molecule has 1 aliphatic heterocycles. The molecule has 25 heavy (non-hydrogen) atoms. The summed E-state index contributed by atoms with van der Waals surface area (Å²) in [7, 11) is 1.90. The van der Waals surface area contributed by atoms with Gasteiger partial charge in [-0.15, -0.1) is 0 Å². The molecule has 1 aliphatic carbocycles. The Kier molecular flexibility index (Phi) is 2.82. The van der Waals surface area contributed by atoms with Crippen LogP contribution in [0.25, 0.3) is 22.2 Å². The van der Waals surface area contributed by atoms with Crippen LogP contribution in [0.4, 0.5) is 5.82 Å². The molecule has 5 rings (SSSR count). The van der Waals surface area contributed by atoms with E-state index in [0.29, 0.717) is 11.1 Å². The van der Waals surface area contributed by atoms with E-state index >= 15 is 0 Å². The maximum absolute atomic E-state index is 9.25. The first kappa shape index (κ1) is 14.5. The minimum absolute atomic E-state index is 0.508. The summed E-state index contributed by atoms with van der Waals surface area (Å²) in [5, 5.41) is 10.3. The van der Waals surface area contributed by atoms with E-state index in [-0.39, 0.29) is 0 Å². The zero-order valence-corrected chi connectivity index (χ0v) is 14.5. The molecule has 0 bridgehead atoms. The molecule has 0 spiro atoms. The molecule has 1 N–H and O–H groups in total. The Morgan fingerprint density at radius 3 is 3.04 bits per heavy atom. The highest BCUT2D eigenvalue weighted by molar-refractivity contribution is 6.01. The molecule has 1 saturated heterocycles. The molecule has 4 heterocycles. The predicted octanol–water partition coefficient (Wildman–Crippen LogP) is 3.07. The van der Waals surface area contributed by atoms with E-state index in [2.05, 4.69) is 32.8 Å². The molecule has 2 fully saturated rings. The van der Waals surface area contributed by atoms with Gasteiger partial charge in [0.1, 0.15) is 29.6 Å². The zero-order valence-electron chi connectivity index (χ0n) is 14.5. The molecule has 0 aromatic carbocycles. The van der Waals surface area contributed by atoms with Crippen molar-refractivity contribution in [3.05, 3.63) is 30.5 Å². The second-order valence-corrected chi connectivity index (χ2v) is 7.46. The first-order valence-corrected chi connectivity index (χ1v) is 8.79. The summed E-state index contributed by atoms with van der Waals surface area (Å²) >= 11 is 0. The largest absolute Gasteiger partial charge is 0.355 e. The lowest BCUT2D eigenvalue weighted by Crippen LogP contribution is -2.25. The van der Waals surface area contributed by atoms with Gasteiger partial charge in [-0.05, 0) is 30.2 Å². The Balaban J connectivity index is 1.63. The third kappa shape index (κ3) is 1.95. The summed E-state index contributed by atoms with van der Waals surface area (Å²) in [5.74, 6) is 1.83. The van der Waals surface area contributed by atoms with Crippen LogP contribution in [-0.2, 0) is 7.05 Å². The van der Waals surface area contributed by atoms with Crippen molar-refractivity contribution in [2.75, 3.05) is 18.0 Å². The average molecular weight is 332 g/mol. The number of aromatic nitrogens is 4. The molecule has 2 unspecified atom stereocenters. The van der Waals surface area contributed by atoms with Crippen molar-refractivity contribution in [2.45, 2.75) is 19.8 Å². The van der Waals surface area contributed by atoms with Gasteiger partial charge in [0.05, 0.1) is 5.39 Å². The van der Waals surface area contributed by atoms with Crippen LogP contribution in [0.5, 0.6) is 0 Å². The molecule has 0 radical (unpaired) electrons. The SMILES string of the molecule is CCC12CC1CN(c1ncnc3[nH]cc(-c4cc(C#N)n(C)c4)c13)C2. The van der Waals surface area contributed by atoms with Crippen LogP contribution in [-0.4, -0.2) is 32.6 Å². The van der Waals surface area contributed by atoms with Gasteiger partial charge >= 0.3 is 0 Å². The maximum Gasteiger partial charge on any atom is 0.143 e. The summed E-state index contributed by atoms with van der Waals surface area (Å²) in [4.78, 5) is 14.7. The van der Waals surface area contributed by atoms with E-state index in [1.807, 2.05) is 30.1 Å². The van der Waals surface area contributed by atoms with Crippen molar-refractivity contribution < 1.29 is 0 Å². The van der Waals surface area contributed by atoms with E-state index in [1.54, 1.807) is 6.33 Å². The Hall–Kier alpha value is -2.81. The predicted molar refractivity (Wildman–Crippen MR) is 96.1 cm³/mol. The Morgan fingerprint density at radius 2 is 2.32 bits per heavy atom. The highest BCUT2D eigenvalue weighted by Gasteiger charge is 2.58. The summed E-state index contributed by atoms with van der Waals surface area (Å²) < 4.78 is 1.86. The van der Waals surface area contributed by atoms with E-state index in [9.17, 15) is 5.26 Å². The minimum Gasteiger partial charge on any atom is -0.355 e. The van der Waals surface area contributed by atoms with Crippen molar-refractivity contribution in [1.29, 1.82) is 5.26 Å². The molecule has 3 aromatic heterocycles. The van der Waals surface area contributed by atoms with Crippen molar-refractivity contribution in [3.63, 3.8) is 0 Å². The number of aromatic amines is 1. The molecule has 2 atom stereocenters. The Bertz CT molecular complexity index is 1020. The molecule has 0 amide bonds.